The van der Waals surface area contributed by atoms with Gasteiger partial charge in [0.25, 0.3) is 5.91 Å². The van der Waals surface area contributed by atoms with Gasteiger partial charge in [0.05, 0.1) is 17.8 Å². The van der Waals surface area contributed by atoms with Crippen LogP contribution in [0.15, 0.2) is 24.3 Å². The molecule has 1 aromatic rings. The molecule has 0 spiro atoms. The first-order valence-electron chi connectivity index (χ1n) is 6.05. The van der Waals surface area contributed by atoms with Crippen molar-refractivity contribution in [2.45, 2.75) is 18.9 Å². The Balaban J connectivity index is 0.00000180. The van der Waals surface area contributed by atoms with Gasteiger partial charge in [-0.05, 0) is 32.0 Å². The van der Waals surface area contributed by atoms with E-state index < -0.39 is 0 Å². The van der Waals surface area contributed by atoms with Crippen molar-refractivity contribution in [2.24, 2.45) is 0 Å². The van der Waals surface area contributed by atoms with Gasteiger partial charge in [0, 0.05) is 6.04 Å². The Morgan fingerprint density at radius 2 is 1.95 bits per heavy atom. The number of rotatable bonds is 5. The molecule has 0 aliphatic heterocycles. The maximum Gasteiger partial charge on any atom is 0.253 e. The van der Waals surface area contributed by atoms with Gasteiger partial charge in [-0.25, -0.2) is 0 Å². The molecule has 5 nitrogen and oxygen atoms in total. The summed E-state index contributed by atoms with van der Waals surface area (Å²) in [6.45, 7) is 0.221. The maximum atomic E-state index is 12.0. The van der Waals surface area contributed by atoms with Crippen LogP contribution >= 0.6 is 12.4 Å². The molecular weight excluding hydrogens is 266 g/mol. The third-order valence-corrected chi connectivity index (χ3v) is 2.70. The van der Waals surface area contributed by atoms with E-state index in [0.29, 0.717) is 17.3 Å². The Hall–Kier alpha value is -1.59. The lowest BCUT2D eigenvalue weighted by atomic mass is 10.1. The van der Waals surface area contributed by atoms with Crippen molar-refractivity contribution in [3.05, 3.63) is 29.8 Å². The van der Waals surface area contributed by atoms with E-state index in [1.807, 2.05) is 0 Å². The number of carbonyl (C=O) groups is 2. The van der Waals surface area contributed by atoms with E-state index in [1.54, 1.807) is 31.3 Å². The summed E-state index contributed by atoms with van der Waals surface area (Å²) in [6, 6.07) is 7.33. The van der Waals surface area contributed by atoms with Crippen molar-refractivity contribution in [3.8, 4) is 0 Å². The van der Waals surface area contributed by atoms with Crippen LogP contribution in [0.1, 0.15) is 23.2 Å². The highest BCUT2D eigenvalue weighted by molar-refractivity contribution is 6.04. The molecule has 0 bridgehead atoms. The van der Waals surface area contributed by atoms with Crippen LogP contribution in [0, 0.1) is 0 Å². The first-order valence-corrected chi connectivity index (χ1v) is 6.05. The van der Waals surface area contributed by atoms with E-state index >= 15 is 0 Å². The smallest absolute Gasteiger partial charge is 0.253 e. The van der Waals surface area contributed by atoms with Gasteiger partial charge in [-0.1, -0.05) is 12.1 Å². The quantitative estimate of drug-likeness (QED) is 0.759. The van der Waals surface area contributed by atoms with E-state index in [2.05, 4.69) is 16.0 Å². The highest BCUT2D eigenvalue weighted by atomic mass is 35.5. The predicted molar refractivity (Wildman–Crippen MR) is 76.7 cm³/mol. The van der Waals surface area contributed by atoms with Gasteiger partial charge in [-0.15, -0.1) is 12.4 Å². The maximum absolute atomic E-state index is 12.0. The third-order valence-electron chi connectivity index (χ3n) is 2.70. The number of benzene rings is 1. The van der Waals surface area contributed by atoms with Crippen LogP contribution < -0.4 is 16.0 Å². The summed E-state index contributed by atoms with van der Waals surface area (Å²) in [5.74, 6) is -0.290. The van der Waals surface area contributed by atoms with Crippen LogP contribution in [-0.2, 0) is 4.79 Å². The molecule has 0 heterocycles. The topological polar surface area (TPSA) is 70.2 Å². The number of halogens is 1. The molecule has 0 atom stereocenters. The zero-order valence-electron chi connectivity index (χ0n) is 10.7. The number of nitrogens with one attached hydrogen (secondary N) is 3. The minimum absolute atomic E-state index is 0. The lowest BCUT2D eigenvalue weighted by Gasteiger charge is -2.10. The zero-order chi connectivity index (χ0) is 13.0. The predicted octanol–water partition coefficient (Wildman–Crippen LogP) is 1.16. The van der Waals surface area contributed by atoms with Crippen molar-refractivity contribution in [2.75, 3.05) is 18.9 Å². The van der Waals surface area contributed by atoms with Crippen LogP contribution in [0.2, 0.25) is 0 Å². The van der Waals surface area contributed by atoms with Gasteiger partial charge in [0.2, 0.25) is 5.91 Å². The molecule has 0 unspecified atom stereocenters. The molecule has 1 aliphatic carbocycles. The number of anilines is 1. The molecule has 104 valence electrons. The standard InChI is InChI=1S/C13H17N3O2.ClH/c1-14-8-12(17)16-11-5-3-2-4-10(11)13(18)15-9-6-7-9;/h2-5,9,14H,6-8H2,1H3,(H,15,18)(H,16,17);1H. The van der Waals surface area contributed by atoms with Gasteiger partial charge < -0.3 is 16.0 Å². The molecule has 2 rings (SSSR count). The minimum atomic E-state index is -0.163. The molecule has 1 aromatic carbocycles. The summed E-state index contributed by atoms with van der Waals surface area (Å²) in [5, 5.41) is 8.40. The Bertz CT molecular complexity index is 461. The average molecular weight is 284 g/mol. The molecular formula is C13H18ClN3O2. The summed E-state index contributed by atoms with van der Waals surface area (Å²) >= 11 is 0. The van der Waals surface area contributed by atoms with Crippen LogP contribution in [-0.4, -0.2) is 31.4 Å². The van der Waals surface area contributed by atoms with E-state index in [9.17, 15) is 9.59 Å². The molecule has 0 aromatic heterocycles. The van der Waals surface area contributed by atoms with Gasteiger partial charge >= 0.3 is 0 Å². The van der Waals surface area contributed by atoms with E-state index in [-0.39, 0.29) is 30.8 Å². The molecule has 3 N–H and O–H groups in total. The van der Waals surface area contributed by atoms with E-state index in [1.165, 1.54) is 0 Å². The number of carbonyl (C=O) groups excluding carboxylic acids is 2. The lowest BCUT2D eigenvalue weighted by molar-refractivity contribution is -0.115. The Kier molecular flexibility index (Phi) is 5.79. The first kappa shape index (κ1) is 15.5. The van der Waals surface area contributed by atoms with Gasteiger partial charge in [-0.3, -0.25) is 9.59 Å². The Morgan fingerprint density at radius 3 is 2.58 bits per heavy atom. The average Bonchev–Trinajstić information content (AvgIpc) is 3.14. The van der Waals surface area contributed by atoms with Crippen LogP contribution in [0.4, 0.5) is 5.69 Å². The molecule has 1 saturated carbocycles. The first-order chi connectivity index (χ1) is 8.70. The van der Waals surface area contributed by atoms with Crippen LogP contribution in [0.3, 0.4) is 0 Å². The fourth-order valence-corrected chi connectivity index (χ4v) is 1.64. The monoisotopic (exact) mass is 283 g/mol. The fourth-order valence-electron chi connectivity index (χ4n) is 1.64. The highest BCUT2D eigenvalue weighted by Crippen LogP contribution is 2.21. The highest BCUT2D eigenvalue weighted by Gasteiger charge is 2.24. The number of hydrogen-bond acceptors (Lipinski definition) is 3. The van der Waals surface area contributed by atoms with Crippen LogP contribution in [0.25, 0.3) is 0 Å². The number of likely N-dealkylation sites (N-methyl/N-ethyl adjacent to an activating group) is 1. The summed E-state index contributed by atoms with van der Waals surface area (Å²) in [7, 11) is 1.70. The normalized spacial score (nSPS) is 13.3. The van der Waals surface area contributed by atoms with Crippen molar-refractivity contribution in [3.63, 3.8) is 0 Å². The van der Waals surface area contributed by atoms with Crippen molar-refractivity contribution < 1.29 is 9.59 Å². The Labute approximate surface area is 118 Å². The zero-order valence-corrected chi connectivity index (χ0v) is 11.5. The van der Waals surface area contributed by atoms with Crippen molar-refractivity contribution in [1.82, 2.24) is 10.6 Å². The largest absolute Gasteiger partial charge is 0.349 e. The lowest BCUT2D eigenvalue weighted by Crippen LogP contribution is -2.29. The second-order valence-electron chi connectivity index (χ2n) is 4.37. The Morgan fingerprint density at radius 1 is 1.26 bits per heavy atom. The van der Waals surface area contributed by atoms with Crippen LogP contribution in [0.5, 0.6) is 0 Å². The SMILES string of the molecule is CNCC(=O)Nc1ccccc1C(=O)NC1CC1.Cl. The second kappa shape index (κ2) is 7.11. The summed E-state index contributed by atoms with van der Waals surface area (Å²) in [4.78, 5) is 23.5. The molecule has 0 radical (unpaired) electrons. The molecule has 6 heteroatoms. The molecule has 19 heavy (non-hydrogen) atoms. The summed E-state index contributed by atoms with van der Waals surface area (Å²) in [5.41, 5.74) is 1.06. The minimum Gasteiger partial charge on any atom is -0.349 e. The summed E-state index contributed by atoms with van der Waals surface area (Å²) < 4.78 is 0. The van der Waals surface area contributed by atoms with Gasteiger partial charge in [-0.2, -0.15) is 0 Å². The number of amides is 2. The molecule has 2 amide bonds. The second-order valence-corrected chi connectivity index (χ2v) is 4.37. The molecule has 1 aliphatic rings. The summed E-state index contributed by atoms with van der Waals surface area (Å²) in [6.07, 6.45) is 2.08. The van der Waals surface area contributed by atoms with E-state index in [4.69, 9.17) is 0 Å². The fraction of sp³-hybridized carbons (Fsp3) is 0.385. The number of para-hydroxylation sites is 1. The molecule has 0 saturated heterocycles. The van der Waals surface area contributed by atoms with Gasteiger partial charge in [0.1, 0.15) is 0 Å². The van der Waals surface area contributed by atoms with Gasteiger partial charge in [0.15, 0.2) is 0 Å². The number of hydrogen-bond donors (Lipinski definition) is 3. The molecule has 1 fully saturated rings. The van der Waals surface area contributed by atoms with Crippen molar-refractivity contribution in [1.29, 1.82) is 0 Å². The van der Waals surface area contributed by atoms with Crippen molar-refractivity contribution >= 4 is 29.9 Å². The van der Waals surface area contributed by atoms with E-state index in [0.717, 1.165) is 12.8 Å². The third kappa shape index (κ3) is 4.54.